The summed E-state index contributed by atoms with van der Waals surface area (Å²) in [4.78, 5) is 13.0. The number of carbonyl (C=O) groups excluding carboxylic acids is 1. The molecule has 64 valence electrons. The van der Waals surface area contributed by atoms with E-state index in [2.05, 4.69) is 4.90 Å². The van der Waals surface area contributed by atoms with E-state index in [1.54, 1.807) is 0 Å². The number of hydrogen-bond donors (Lipinski definition) is 1. The number of hydrogen-bond acceptors (Lipinski definition) is 2. The van der Waals surface area contributed by atoms with Gasteiger partial charge in [-0.25, -0.2) is 0 Å². The summed E-state index contributed by atoms with van der Waals surface area (Å²) in [5.74, 6) is -0.172. The Morgan fingerprint density at radius 2 is 2.18 bits per heavy atom. The maximum absolute atomic E-state index is 10.9. The van der Waals surface area contributed by atoms with E-state index >= 15 is 0 Å². The van der Waals surface area contributed by atoms with Gasteiger partial charge in [0.15, 0.2) is 0 Å². The Labute approximate surface area is 67.5 Å². The molecule has 0 aliphatic carbocycles. The van der Waals surface area contributed by atoms with Crippen LogP contribution in [0.1, 0.15) is 25.7 Å². The molecule has 0 aromatic heterocycles. The molecule has 1 heterocycles. The van der Waals surface area contributed by atoms with Crippen molar-refractivity contribution in [3.05, 3.63) is 0 Å². The molecule has 1 amide bonds. The Kier molecular flexibility index (Phi) is 2.88. The minimum atomic E-state index is -0.172. The molecule has 0 aromatic rings. The summed E-state index contributed by atoms with van der Waals surface area (Å²) in [6.45, 7) is 1.01. The number of likely N-dealkylation sites (N-methyl/N-ethyl adjacent to an activating group) is 1. The predicted molar refractivity (Wildman–Crippen MR) is 44.1 cm³/mol. The molecule has 1 unspecified atom stereocenters. The molecule has 0 saturated carbocycles. The minimum absolute atomic E-state index is 0.0162. The third-order valence-corrected chi connectivity index (χ3v) is 2.35. The first kappa shape index (κ1) is 8.53. The number of nitrogens with zero attached hydrogens (tertiary/aromatic N) is 1. The van der Waals surface area contributed by atoms with Crippen LogP contribution >= 0.6 is 0 Å². The fraction of sp³-hybridized carbons (Fsp3) is 0.875. The molecule has 1 aliphatic rings. The van der Waals surface area contributed by atoms with Crippen LogP contribution in [-0.4, -0.2) is 30.4 Å². The molecule has 3 nitrogen and oxygen atoms in total. The maximum atomic E-state index is 10.9. The maximum Gasteiger partial charge on any atom is 0.234 e. The lowest BCUT2D eigenvalue weighted by Crippen LogP contribution is -2.41. The zero-order valence-electron chi connectivity index (χ0n) is 7.05. The van der Waals surface area contributed by atoms with Crippen molar-refractivity contribution in [1.29, 1.82) is 0 Å². The van der Waals surface area contributed by atoms with Gasteiger partial charge in [0.05, 0.1) is 6.04 Å². The second-order valence-corrected chi connectivity index (χ2v) is 3.25. The third-order valence-electron chi connectivity index (χ3n) is 2.35. The molecular formula is C8H16N2O. The average molecular weight is 156 g/mol. The Bertz CT molecular complexity index is 147. The Morgan fingerprint density at radius 1 is 1.45 bits per heavy atom. The molecule has 0 radical (unpaired) electrons. The summed E-state index contributed by atoms with van der Waals surface area (Å²) in [6, 6.07) is -0.0162. The first-order valence-corrected chi connectivity index (χ1v) is 4.21. The summed E-state index contributed by atoms with van der Waals surface area (Å²) in [5.41, 5.74) is 5.25. The minimum Gasteiger partial charge on any atom is -0.368 e. The standard InChI is InChI=1S/C8H16N2O/c1-10-6-4-2-3-5-7(10)8(9)11/h7H,2-6H2,1H3,(H2,9,11). The van der Waals surface area contributed by atoms with Crippen molar-refractivity contribution in [2.24, 2.45) is 5.73 Å². The van der Waals surface area contributed by atoms with Crippen LogP contribution in [0.2, 0.25) is 0 Å². The molecule has 1 fully saturated rings. The van der Waals surface area contributed by atoms with Crippen molar-refractivity contribution in [2.75, 3.05) is 13.6 Å². The highest BCUT2D eigenvalue weighted by Crippen LogP contribution is 2.14. The molecule has 11 heavy (non-hydrogen) atoms. The monoisotopic (exact) mass is 156 g/mol. The molecular weight excluding hydrogens is 140 g/mol. The zero-order valence-corrected chi connectivity index (χ0v) is 7.05. The van der Waals surface area contributed by atoms with E-state index < -0.39 is 0 Å². The summed E-state index contributed by atoms with van der Waals surface area (Å²) in [6.07, 6.45) is 4.50. The lowest BCUT2D eigenvalue weighted by Gasteiger charge is -2.21. The van der Waals surface area contributed by atoms with E-state index in [9.17, 15) is 4.79 Å². The quantitative estimate of drug-likeness (QED) is 0.595. The SMILES string of the molecule is CN1CCCCCC1C(N)=O. The third kappa shape index (κ3) is 2.19. The Balaban J connectivity index is 2.52. The van der Waals surface area contributed by atoms with Gasteiger partial charge in [0.25, 0.3) is 0 Å². The fourth-order valence-electron chi connectivity index (χ4n) is 1.61. The van der Waals surface area contributed by atoms with Crippen molar-refractivity contribution in [3.63, 3.8) is 0 Å². The van der Waals surface area contributed by atoms with Gasteiger partial charge < -0.3 is 5.73 Å². The molecule has 1 atom stereocenters. The molecule has 0 bridgehead atoms. The number of rotatable bonds is 1. The van der Waals surface area contributed by atoms with Gasteiger partial charge in [-0.15, -0.1) is 0 Å². The number of primary amides is 1. The molecule has 1 aliphatic heterocycles. The van der Waals surface area contributed by atoms with Crippen molar-refractivity contribution < 1.29 is 4.79 Å². The fourth-order valence-corrected chi connectivity index (χ4v) is 1.61. The summed E-state index contributed by atoms with van der Waals surface area (Å²) >= 11 is 0. The van der Waals surface area contributed by atoms with E-state index in [-0.39, 0.29) is 11.9 Å². The molecule has 1 saturated heterocycles. The second kappa shape index (κ2) is 3.72. The van der Waals surface area contributed by atoms with Gasteiger partial charge in [0.1, 0.15) is 0 Å². The predicted octanol–water partition coefficient (Wildman–Crippen LogP) is 0.346. The molecule has 1 rings (SSSR count). The highest BCUT2D eigenvalue weighted by atomic mass is 16.1. The van der Waals surface area contributed by atoms with Crippen LogP contribution < -0.4 is 5.73 Å². The number of amides is 1. The van der Waals surface area contributed by atoms with Gasteiger partial charge in [-0.2, -0.15) is 0 Å². The smallest absolute Gasteiger partial charge is 0.234 e. The van der Waals surface area contributed by atoms with Crippen molar-refractivity contribution in [3.8, 4) is 0 Å². The van der Waals surface area contributed by atoms with Crippen molar-refractivity contribution in [2.45, 2.75) is 31.7 Å². The summed E-state index contributed by atoms with van der Waals surface area (Å²) < 4.78 is 0. The number of nitrogens with two attached hydrogens (primary N) is 1. The van der Waals surface area contributed by atoms with Crippen LogP contribution in [0.15, 0.2) is 0 Å². The Morgan fingerprint density at radius 3 is 2.82 bits per heavy atom. The Hall–Kier alpha value is -0.570. The van der Waals surface area contributed by atoms with Gasteiger partial charge in [-0.3, -0.25) is 9.69 Å². The molecule has 2 N–H and O–H groups in total. The first-order chi connectivity index (χ1) is 5.22. The van der Waals surface area contributed by atoms with Crippen LogP contribution in [0.4, 0.5) is 0 Å². The normalized spacial score (nSPS) is 27.9. The highest BCUT2D eigenvalue weighted by molar-refractivity contribution is 5.79. The summed E-state index contributed by atoms with van der Waals surface area (Å²) in [5, 5.41) is 0. The van der Waals surface area contributed by atoms with Gasteiger partial charge in [-0.05, 0) is 26.4 Å². The first-order valence-electron chi connectivity index (χ1n) is 4.21. The van der Waals surface area contributed by atoms with Crippen molar-refractivity contribution in [1.82, 2.24) is 4.90 Å². The van der Waals surface area contributed by atoms with E-state index in [1.165, 1.54) is 12.8 Å². The van der Waals surface area contributed by atoms with Crippen LogP contribution in [-0.2, 0) is 4.79 Å². The van der Waals surface area contributed by atoms with Crippen molar-refractivity contribution >= 4 is 5.91 Å². The topological polar surface area (TPSA) is 46.3 Å². The molecule has 0 spiro atoms. The lowest BCUT2D eigenvalue weighted by molar-refractivity contribution is -0.122. The number of likely N-dealkylation sites (tertiary alicyclic amines) is 1. The van der Waals surface area contributed by atoms with E-state index in [1.807, 2.05) is 7.05 Å². The average Bonchev–Trinajstić information content (AvgIpc) is 2.13. The van der Waals surface area contributed by atoms with E-state index in [0.29, 0.717) is 0 Å². The molecule has 0 aromatic carbocycles. The second-order valence-electron chi connectivity index (χ2n) is 3.25. The van der Waals surface area contributed by atoms with Crippen LogP contribution in [0.3, 0.4) is 0 Å². The van der Waals surface area contributed by atoms with Crippen LogP contribution in [0.5, 0.6) is 0 Å². The van der Waals surface area contributed by atoms with E-state index in [0.717, 1.165) is 19.4 Å². The van der Waals surface area contributed by atoms with E-state index in [4.69, 9.17) is 5.73 Å². The van der Waals surface area contributed by atoms with Crippen LogP contribution in [0.25, 0.3) is 0 Å². The summed E-state index contributed by atoms with van der Waals surface area (Å²) in [7, 11) is 1.97. The van der Waals surface area contributed by atoms with Gasteiger partial charge in [0.2, 0.25) is 5.91 Å². The lowest BCUT2D eigenvalue weighted by atomic mass is 10.1. The van der Waals surface area contributed by atoms with Gasteiger partial charge in [-0.1, -0.05) is 12.8 Å². The number of carbonyl (C=O) groups is 1. The van der Waals surface area contributed by atoms with Crippen LogP contribution in [0, 0.1) is 0 Å². The van der Waals surface area contributed by atoms with Gasteiger partial charge >= 0.3 is 0 Å². The highest BCUT2D eigenvalue weighted by Gasteiger charge is 2.21. The zero-order chi connectivity index (χ0) is 8.27. The molecule has 3 heteroatoms. The van der Waals surface area contributed by atoms with Gasteiger partial charge in [0, 0.05) is 0 Å². The largest absolute Gasteiger partial charge is 0.368 e.